The zero-order valence-electron chi connectivity index (χ0n) is 13.0. The molecule has 0 fully saturated rings. The number of alkyl halides is 2. The summed E-state index contributed by atoms with van der Waals surface area (Å²) in [6, 6.07) is 6.17. The molecule has 0 aliphatic carbocycles. The van der Waals surface area contributed by atoms with Gasteiger partial charge in [0.05, 0.1) is 7.11 Å². The van der Waals surface area contributed by atoms with Crippen LogP contribution < -0.4 is 4.74 Å². The molecule has 118 valence electrons. The van der Waals surface area contributed by atoms with Crippen molar-refractivity contribution in [1.29, 1.82) is 0 Å². The quantitative estimate of drug-likeness (QED) is 0.480. The fourth-order valence-corrected chi connectivity index (χ4v) is 2.71. The summed E-state index contributed by atoms with van der Waals surface area (Å²) < 4.78 is 10.8. The van der Waals surface area contributed by atoms with E-state index in [1.54, 1.807) is 0 Å². The predicted molar refractivity (Wildman–Crippen MR) is 92.7 cm³/mol. The number of benzene rings is 1. The Hall–Kier alpha value is -0.550. The Bertz CT molecular complexity index is 460. The molecule has 0 aliphatic rings. The number of hydrogen-bond acceptors (Lipinski definition) is 3. The number of carbonyl (C=O) groups is 1. The van der Waals surface area contributed by atoms with Gasteiger partial charge in [0.15, 0.2) is 9.84 Å². The third kappa shape index (κ3) is 4.71. The van der Waals surface area contributed by atoms with Gasteiger partial charge in [-0.1, -0.05) is 61.8 Å². The topological polar surface area (TPSA) is 35.5 Å². The molecule has 0 radical (unpaired) electrons. The Morgan fingerprint density at radius 2 is 1.52 bits per heavy atom. The van der Waals surface area contributed by atoms with Crippen LogP contribution >= 0.6 is 31.9 Å². The van der Waals surface area contributed by atoms with Crippen LogP contribution in [-0.4, -0.2) is 22.9 Å². The molecule has 3 nitrogen and oxygen atoms in total. The molecule has 1 aromatic carbocycles. The summed E-state index contributed by atoms with van der Waals surface area (Å²) in [5.74, 6) is 1.15. The average molecular weight is 422 g/mol. The van der Waals surface area contributed by atoms with Crippen molar-refractivity contribution < 1.29 is 14.3 Å². The van der Waals surface area contributed by atoms with Crippen LogP contribution in [0.15, 0.2) is 18.2 Å². The second kappa shape index (κ2) is 8.18. The van der Waals surface area contributed by atoms with Gasteiger partial charge in [-0.05, 0) is 38.9 Å². The van der Waals surface area contributed by atoms with Crippen molar-refractivity contribution in [1.82, 2.24) is 0 Å². The number of ether oxygens (including phenoxy) is 2. The largest absolute Gasteiger partial charge is 0.477 e. The molecular formula is C16H22Br2O3. The summed E-state index contributed by atoms with van der Waals surface area (Å²) in [5, 5.41) is -0.498. The standard InChI is InChI=1S/C16H22Br2O3/c1-9(2)11-7-6-8-12(10(3)4)14(11)21-15(18)13(17)16(19)20-5/h6-10,13,15H,1-5H3/t13-,15+/m1/s1. The van der Waals surface area contributed by atoms with Gasteiger partial charge in [0.25, 0.3) is 0 Å². The van der Waals surface area contributed by atoms with E-state index in [-0.39, 0.29) is 5.97 Å². The minimum absolute atomic E-state index is 0.338. The summed E-state index contributed by atoms with van der Waals surface area (Å²) >= 11 is 6.72. The number of halogens is 2. The van der Waals surface area contributed by atoms with E-state index in [0.29, 0.717) is 11.8 Å². The second-order valence-corrected chi connectivity index (χ2v) is 7.36. The molecule has 5 heteroatoms. The van der Waals surface area contributed by atoms with E-state index in [4.69, 9.17) is 9.47 Å². The van der Waals surface area contributed by atoms with Gasteiger partial charge >= 0.3 is 5.97 Å². The van der Waals surface area contributed by atoms with Gasteiger partial charge in [-0.25, -0.2) is 0 Å². The Morgan fingerprint density at radius 1 is 1.05 bits per heavy atom. The van der Waals surface area contributed by atoms with E-state index >= 15 is 0 Å². The Kier molecular flexibility index (Phi) is 7.21. The fraction of sp³-hybridized carbons (Fsp3) is 0.562. The van der Waals surface area contributed by atoms with Gasteiger partial charge in [-0.15, -0.1) is 0 Å². The van der Waals surface area contributed by atoms with Crippen molar-refractivity contribution in [3.8, 4) is 5.75 Å². The molecule has 1 aromatic rings. The lowest BCUT2D eigenvalue weighted by molar-refractivity contribution is -0.140. The number of esters is 1. The maximum absolute atomic E-state index is 11.6. The monoisotopic (exact) mass is 420 g/mol. The Labute approximate surface area is 143 Å². The highest BCUT2D eigenvalue weighted by atomic mass is 79.9. The molecule has 0 spiro atoms. The van der Waals surface area contributed by atoms with E-state index < -0.39 is 9.84 Å². The third-order valence-electron chi connectivity index (χ3n) is 3.21. The first kappa shape index (κ1) is 18.5. The second-order valence-electron chi connectivity index (χ2n) is 5.47. The fourth-order valence-electron chi connectivity index (χ4n) is 2.01. The summed E-state index contributed by atoms with van der Waals surface area (Å²) in [7, 11) is 1.36. The molecule has 0 amide bonds. The summed E-state index contributed by atoms with van der Waals surface area (Å²) in [5.41, 5.74) is 2.27. The van der Waals surface area contributed by atoms with Crippen LogP contribution in [0.2, 0.25) is 0 Å². The van der Waals surface area contributed by atoms with E-state index in [1.165, 1.54) is 7.11 Å². The number of carbonyl (C=O) groups excluding carboxylic acids is 1. The molecule has 0 bridgehead atoms. The van der Waals surface area contributed by atoms with Gasteiger partial charge in [0, 0.05) is 0 Å². The molecule has 0 aromatic heterocycles. The van der Waals surface area contributed by atoms with E-state index in [9.17, 15) is 4.79 Å². The van der Waals surface area contributed by atoms with Crippen molar-refractivity contribution in [2.45, 2.75) is 49.4 Å². The van der Waals surface area contributed by atoms with Gasteiger partial charge in [-0.2, -0.15) is 0 Å². The Balaban J connectivity index is 3.13. The van der Waals surface area contributed by atoms with E-state index in [0.717, 1.165) is 16.9 Å². The predicted octanol–water partition coefficient (Wildman–Crippen LogP) is 4.97. The minimum Gasteiger partial charge on any atom is -0.477 e. The highest BCUT2D eigenvalue weighted by Gasteiger charge is 2.28. The first-order valence-corrected chi connectivity index (χ1v) is 8.78. The number of methoxy groups -OCH3 is 1. The number of hydrogen-bond donors (Lipinski definition) is 0. The summed E-state index contributed by atoms with van der Waals surface area (Å²) in [6.45, 7) is 8.51. The highest BCUT2D eigenvalue weighted by molar-refractivity contribution is 9.12. The van der Waals surface area contributed by atoms with E-state index in [1.807, 2.05) is 6.07 Å². The molecule has 1 rings (SSSR count). The SMILES string of the molecule is COC(=O)[C@H](Br)[C@@H](Br)Oc1c(C(C)C)cccc1C(C)C. The van der Waals surface area contributed by atoms with Crippen LogP contribution in [0.1, 0.15) is 50.7 Å². The van der Waals surface area contributed by atoms with Crippen molar-refractivity contribution in [2.75, 3.05) is 7.11 Å². The minimum atomic E-state index is -0.567. The lowest BCUT2D eigenvalue weighted by Crippen LogP contribution is -2.30. The molecule has 21 heavy (non-hydrogen) atoms. The summed E-state index contributed by atoms with van der Waals surface area (Å²) in [4.78, 5) is 11.0. The molecular weight excluding hydrogens is 400 g/mol. The van der Waals surface area contributed by atoms with Gasteiger partial charge in [0.1, 0.15) is 5.75 Å². The molecule has 0 heterocycles. The smallest absolute Gasteiger partial charge is 0.324 e. The molecule has 0 saturated heterocycles. The maximum Gasteiger partial charge on any atom is 0.324 e. The van der Waals surface area contributed by atoms with Crippen molar-refractivity contribution in [3.63, 3.8) is 0 Å². The molecule has 2 atom stereocenters. The van der Waals surface area contributed by atoms with Crippen LogP contribution in [-0.2, 0) is 9.53 Å². The third-order valence-corrected chi connectivity index (χ3v) is 5.49. The van der Waals surface area contributed by atoms with E-state index in [2.05, 4.69) is 71.7 Å². The maximum atomic E-state index is 11.6. The van der Waals surface area contributed by atoms with Crippen molar-refractivity contribution in [2.24, 2.45) is 0 Å². The lowest BCUT2D eigenvalue weighted by Gasteiger charge is -2.24. The van der Waals surface area contributed by atoms with Crippen LogP contribution in [0.5, 0.6) is 5.75 Å². The van der Waals surface area contributed by atoms with Crippen molar-refractivity contribution in [3.05, 3.63) is 29.3 Å². The van der Waals surface area contributed by atoms with Gasteiger partial charge < -0.3 is 9.47 Å². The average Bonchev–Trinajstić information content (AvgIpc) is 2.45. The molecule has 0 saturated carbocycles. The van der Waals surface area contributed by atoms with Crippen LogP contribution in [0.3, 0.4) is 0 Å². The Morgan fingerprint density at radius 3 is 1.90 bits per heavy atom. The summed E-state index contributed by atoms with van der Waals surface area (Å²) in [6.07, 6.45) is 0. The zero-order chi connectivity index (χ0) is 16.2. The van der Waals surface area contributed by atoms with Crippen molar-refractivity contribution >= 4 is 37.8 Å². The van der Waals surface area contributed by atoms with Crippen LogP contribution in [0.25, 0.3) is 0 Å². The molecule has 0 N–H and O–H groups in total. The number of rotatable bonds is 6. The highest BCUT2D eigenvalue weighted by Crippen LogP contribution is 2.36. The zero-order valence-corrected chi connectivity index (χ0v) is 16.2. The molecule has 0 aliphatic heterocycles. The number of para-hydroxylation sites is 1. The van der Waals surface area contributed by atoms with Gasteiger partial charge in [0.2, 0.25) is 0 Å². The lowest BCUT2D eigenvalue weighted by atomic mass is 9.94. The first-order chi connectivity index (χ1) is 9.79. The van der Waals surface area contributed by atoms with Gasteiger partial charge in [-0.3, -0.25) is 4.79 Å². The van der Waals surface area contributed by atoms with Crippen LogP contribution in [0.4, 0.5) is 0 Å². The first-order valence-electron chi connectivity index (χ1n) is 6.95. The molecule has 0 unspecified atom stereocenters. The van der Waals surface area contributed by atoms with Crippen LogP contribution in [0, 0.1) is 0 Å². The normalized spacial score (nSPS) is 14.1.